The molecule has 132 valence electrons. The topological polar surface area (TPSA) is 94.6 Å². The van der Waals surface area contributed by atoms with Crippen LogP contribution in [0.4, 0.5) is 0 Å². The summed E-state index contributed by atoms with van der Waals surface area (Å²) in [6, 6.07) is 9.20. The standard InChI is InChI=1S/C19H22N2O4/c1-11-15(18(22)25-19(2,3)4)16(14(10-20)17(21)24-11)12-7-6-8-13(9-12)23-5/h6-9,16H,21H2,1-5H3. The van der Waals surface area contributed by atoms with Gasteiger partial charge in [-0.15, -0.1) is 0 Å². The first-order valence-corrected chi connectivity index (χ1v) is 7.83. The fourth-order valence-electron chi connectivity index (χ4n) is 2.63. The number of carbonyl (C=O) groups is 1. The van der Waals surface area contributed by atoms with E-state index in [1.54, 1.807) is 59.1 Å². The Hall–Kier alpha value is -2.94. The highest BCUT2D eigenvalue weighted by Gasteiger charge is 2.37. The van der Waals surface area contributed by atoms with Gasteiger partial charge in [-0.25, -0.2) is 4.79 Å². The number of rotatable bonds is 3. The Morgan fingerprint density at radius 1 is 1.36 bits per heavy atom. The molecule has 2 rings (SSSR count). The Bertz CT molecular complexity index is 794. The van der Waals surface area contributed by atoms with Crippen molar-refractivity contribution < 1.29 is 19.0 Å². The second kappa shape index (κ2) is 6.89. The Morgan fingerprint density at radius 3 is 2.60 bits per heavy atom. The number of nitrogens with zero attached hydrogens (tertiary/aromatic N) is 1. The van der Waals surface area contributed by atoms with E-state index in [1.807, 2.05) is 0 Å². The first-order valence-electron chi connectivity index (χ1n) is 7.83. The maximum Gasteiger partial charge on any atom is 0.338 e. The number of ether oxygens (including phenoxy) is 3. The quantitative estimate of drug-likeness (QED) is 0.848. The van der Waals surface area contributed by atoms with Crippen LogP contribution in [-0.2, 0) is 14.3 Å². The number of esters is 1. The smallest absolute Gasteiger partial charge is 0.338 e. The number of carbonyl (C=O) groups excluding carboxylic acids is 1. The molecule has 1 heterocycles. The molecule has 0 spiro atoms. The first-order chi connectivity index (χ1) is 11.7. The summed E-state index contributed by atoms with van der Waals surface area (Å²) in [6.07, 6.45) is 0. The summed E-state index contributed by atoms with van der Waals surface area (Å²) in [5, 5.41) is 9.56. The van der Waals surface area contributed by atoms with Crippen LogP contribution in [0.15, 0.2) is 47.1 Å². The third kappa shape index (κ3) is 3.94. The maximum atomic E-state index is 12.8. The van der Waals surface area contributed by atoms with Crippen LogP contribution in [0.25, 0.3) is 0 Å². The van der Waals surface area contributed by atoms with Gasteiger partial charge < -0.3 is 19.9 Å². The minimum atomic E-state index is -0.678. The molecular weight excluding hydrogens is 320 g/mol. The summed E-state index contributed by atoms with van der Waals surface area (Å²) in [5.41, 5.74) is 6.33. The normalized spacial score (nSPS) is 17.7. The van der Waals surface area contributed by atoms with Gasteiger partial charge in [0.25, 0.3) is 0 Å². The van der Waals surface area contributed by atoms with E-state index in [0.717, 1.165) is 0 Å². The molecule has 1 aromatic carbocycles. The average Bonchev–Trinajstić information content (AvgIpc) is 2.52. The highest BCUT2D eigenvalue weighted by atomic mass is 16.6. The molecule has 0 saturated carbocycles. The van der Waals surface area contributed by atoms with Crippen LogP contribution < -0.4 is 10.5 Å². The zero-order valence-corrected chi connectivity index (χ0v) is 15.0. The van der Waals surface area contributed by atoms with Crippen LogP contribution in [0, 0.1) is 11.3 Å². The molecule has 0 radical (unpaired) electrons. The molecular formula is C19H22N2O4. The van der Waals surface area contributed by atoms with E-state index in [9.17, 15) is 10.1 Å². The molecule has 25 heavy (non-hydrogen) atoms. The molecule has 1 aliphatic rings. The largest absolute Gasteiger partial charge is 0.497 e. The van der Waals surface area contributed by atoms with Gasteiger partial charge in [-0.2, -0.15) is 5.26 Å². The zero-order chi connectivity index (χ0) is 18.8. The molecule has 1 aromatic rings. The number of benzene rings is 1. The molecule has 1 atom stereocenters. The minimum absolute atomic E-state index is 0.0138. The van der Waals surface area contributed by atoms with Crippen LogP contribution in [0.2, 0.25) is 0 Å². The van der Waals surface area contributed by atoms with Gasteiger partial charge >= 0.3 is 5.97 Å². The van der Waals surface area contributed by atoms with Crippen molar-refractivity contribution in [3.63, 3.8) is 0 Å². The fraction of sp³-hybridized carbons (Fsp3) is 0.368. The van der Waals surface area contributed by atoms with Gasteiger partial charge in [0, 0.05) is 0 Å². The summed E-state index contributed by atoms with van der Waals surface area (Å²) >= 11 is 0. The highest BCUT2D eigenvalue weighted by Crippen LogP contribution is 2.40. The molecule has 0 aromatic heterocycles. The van der Waals surface area contributed by atoms with E-state index in [4.69, 9.17) is 19.9 Å². The molecule has 2 N–H and O–H groups in total. The molecule has 0 bridgehead atoms. The number of hydrogen-bond acceptors (Lipinski definition) is 6. The molecule has 1 unspecified atom stereocenters. The number of hydrogen-bond donors (Lipinski definition) is 1. The van der Waals surface area contributed by atoms with Crippen molar-refractivity contribution in [2.75, 3.05) is 7.11 Å². The summed E-state index contributed by atoms with van der Waals surface area (Å²) in [7, 11) is 1.55. The van der Waals surface area contributed by atoms with Crippen LogP contribution in [-0.4, -0.2) is 18.7 Å². The lowest BCUT2D eigenvalue weighted by Gasteiger charge is -2.29. The second-order valence-electron chi connectivity index (χ2n) is 6.67. The molecule has 0 aliphatic carbocycles. The zero-order valence-electron chi connectivity index (χ0n) is 15.0. The van der Waals surface area contributed by atoms with E-state index < -0.39 is 17.5 Å². The average molecular weight is 342 g/mol. The molecule has 6 heteroatoms. The van der Waals surface area contributed by atoms with Gasteiger partial charge in [-0.3, -0.25) is 0 Å². The SMILES string of the molecule is COc1cccc(C2C(C#N)=C(N)OC(C)=C2C(=O)OC(C)(C)C)c1. The maximum absolute atomic E-state index is 12.8. The van der Waals surface area contributed by atoms with E-state index >= 15 is 0 Å². The van der Waals surface area contributed by atoms with Gasteiger partial charge in [0.2, 0.25) is 5.88 Å². The first kappa shape index (κ1) is 18.4. The summed E-state index contributed by atoms with van der Waals surface area (Å²) in [4.78, 5) is 12.8. The van der Waals surface area contributed by atoms with Gasteiger partial charge in [0.1, 0.15) is 28.8 Å². The second-order valence-corrected chi connectivity index (χ2v) is 6.67. The third-order valence-corrected chi connectivity index (χ3v) is 3.65. The number of methoxy groups -OCH3 is 1. The van der Waals surface area contributed by atoms with E-state index in [1.165, 1.54) is 0 Å². The Morgan fingerprint density at radius 2 is 2.04 bits per heavy atom. The van der Waals surface area contributed by atoms with E-state index in [-0.39, 0.29) is 17.0 Å². The Kier molecular flexibility index (Phi) is 5.07. The molecule has 0 fully saturated rings. The number of allylic oxidation sites excluding steroid dienone is 2. The summed E-state index contributed by atoms with van der Waals surface area (Å²) in [5.74, 6) is -0.304. The lowest BCUT2D eigenvalue weighted by atomic mass is 9.83. The monoisotopic (exact) mass is 342 g/mol. The molecule has 0 amide bonds. The van der Waals surface area contributed by atoms with Crippen molar-refractivity contribution in [2.24, 2.45) is 5.73 Å². The van der Waals surface area contributed by atoms with Crippen molar-refractivity contribution in [1.82, 2.24) is 0 Å². The summed E-state index contributed by atoms with van der Waals surface area (Å²) < 4.78 is 16.2. The Balaban J connectivity index is 2.60. The summed E-state index contributed by atoms with van der Waals surface area (Å²) in [6.45, 7) is 6.97. The minimum Gasteiger partial charge on any atom is -0.497 e. The lowest BCUT2D eigenvalue weighted by molar-refractivity contribution is -0.150. The van der Waals surface area contributed by atoms with Crippen molar-refractivity contribution in [2.45, 2.75) is 39.2 Å². The van der Waals surface area contributed by atoms with Crippen molar-refractivity contribution in [1.29, 1.82) is 5.26 Å². The van der Waals surface area contributed by atoms with E-state index in [0.29, 0.717) is 17.1 Å². The van der Waals surface area contributed by atoms with Crippen molar-refractivity contribution >= 4 is 5.97 Å². The number of nitrogens with two attached hydrogens (primary N) is 1. The third-order valence-electron chi connectivity index (χ3n) is 3.65. The molecule has 0 saturated heterocycles. The molecule has 6 nitrogen and oxygen atoms in total. The lowest BCUT2D eigenvalue weighted by Crippen LogP contribution is -2.30. The highest BCUT2D eigenvalue weighted by molar-refractivity contribution is 5.92. The van der Waals surface area contributed by atoms with Gasteiger partial charge in [-0.1, -0.05) is 12.1 Å². The van der Waals surface area contributed by atoms with Crippen LogP contribution in [0.3, 0.4) is 0 Å². The number of nitriles is 1. The van der Waals surface area contributed by atoms with Gasteiger partial charge in [0.15, 0.2) is 0 Å². The predicted molar refractivity (Wildman–Crippen MR) is 92.2 cm³/mol. The Labute approximate surface area is 147 Å². The van der Waals surface area contributed by atoms with E-state index in [2.05, 4.69) is 6.07 Å². The predicted octanol–water partition coefficient (Wildman–Crippen LogP) is 3.12. The van der Waals surface area contributed by atoms with Crippen LogP contribution in [0.5, 0.6) is 5.75 Å². The van der Waals surface area contributed by atoms with Gasteiger partial charge in [0.05, 0.1) is 18.6 Å². The van der Waals surface area contributed by atoms with Crippen LogP contribution in [0.1, 0.15) is 39.2 Å². The van der Waals surface area contributed by atoms with Gasteiger partial charge in [-0.05, 0) is 45.4 Å². The fourth-order valence-corrected chi connectivity index (χ4v) is 2.63. The van der Waals surface area contributed by atoms with Crippen molar-refractivity contribution in [3.8, 4) is 11.8 Å². The molecule has 1 aliphatic heterocycles. The van der Waals surface area contributed by atoms with Crippen LogP contribution >= 0.6 is 0 Å². The van der Waals surface area contributed by atoms with Crippen molar-refractivity contribution in [3.05, 3.63) is 52.6 Å².